The van der Waals surface area contributed by atoms with Gasteiger partial charge in [-0.15, -0.1) is 0 Å². The van der Waals surface area contributed by atoms with E-state index in [-0.39, 0.29) is 5.91 Å². The van der Waals surface area contributed by atoms with Crippen LogP contribution in [0.2, 0.25) is 0 Å². The minimum Gasteiger partial charge on any atom is -0.445 e. The molecule has 4 rings (SSSR count). The molecule has 0 aromatic heterocycles. The smallest absolute Gasteiger partial charge is 0.339 e. The third-order valence-electron chi connectivity index (χ3n) is 4.89. The van der Waals surface area contributed by atoms with Crippen molar-refractivity contribution in [1.82, 2.24) is 0 Å². The van der Waals surface area contributed by atoms with Gasteiger partial charge in [0.05, 0.1) is 5.56 Å². The van der Waals surface area contributed by atoms with Crippen LogP contribution in [0.15, 0.2) is 48.5 Å². The van der Waals surface area contributed by atoms with Crippen molar-refractivity contribution in [2.75, 3.05) is 11.4 Å². The lowest BCUT2D eigenvalue weighted by Crippen LogP contribution is -2.54. The maximum Gasteiger partial charge on any atom is 0.339 e. The van der Waals surface area contributed by atoms with Crippen LogP contribution in [0.5, 0.6) is 0 Å². The molecule has 0 aliphatic carbocycles. The molecule has 1 atom stereocenters. The van der Waals surface area contributed by atoms with E-state index in [2.05, 4.69) is 6.07 Å². The second-order valence-corrected chi connectivity index (χ2v) is 6.64. The maximum atomic E-state index is 13.2. The van der Waals surface area contributed by atoms with Crippen molar-refractivity contribution < 1.29 is 14.3 Å². The third-order valence-corrected chi connectivity index (χ3v) is 4.89. The van der Waals surface area contributed by atoms with Gasteiger partial charge in [0.15, 0.2) is 5.60 Å². The van der Waals surface area contributed by atoms with Gasteiger partial charge in [0.2, 0.25) is 0 Å². The number of aryl methyl sites for hydroxylation is 1. The molecule has 0 radical (unpaired) electrons. The Kier molecular flexibility index (Phi) is 3.41. The second kappa shape index (κ2) is 5.48. The SMILES string of the molecule is C[C@]1(C(=O)N2CCCc3ccccc32)Cc2ccccc2C(=O)O1. The lowest BCUT2D eigenvalue weighted by atomic mass is 9.88. The fourth-order valence-electron chi connectivity index (χ4n) is 3.68. The van der Waals surface area contributed by atoms with Crippen molar-refractivity contribution in [1.29, 1.82) is 0 Å². The van der Waals surface area contributed by atoms with Crippen LogP contribution in [0.3, 0.4) is 0 Å². The number of para-hydroxylation sites is 1. The molecule has 0 bridgehead atoms. The topological polar surface area (TPSA) is 46.6 Å². The first-order valence-electron chi connectivity index (χ1n) is 8.30. The van der Waals surface area contributed by atoms with Crippen molar-refractivity contribution in [2.45, 2.75) is 31.8 Å². The van der Waals surface area contributed by atoms with E-state index in [1.54, 1.807) is 17.9 Å². The van der Waals surface area contributed by atoms with E-state index in [1.807, 2.05) is 36.4 Å². The number of rotatable bonds is 1. The van der Waals surface area contributed by atoms with Gasteiger partial charge in [0, 0.05) is 18.7 Å². The standard InChI is InChI=1S/C20H19NO3/c1-20(13-15-8-2-4-10-16(15)18(22)24-20)19(23)21-12-6-9-14-7-3-5-11-17(14)21/h2-5,7-8,10-11H,6,9,12-13H2,1H3/t20-/m1/s1. The molecule has 0 N–H and O–H groups in total. The van der Waals surface area contributed by atoms with Crippen LogP contribution in [-0.4, -0.2) is 24.0 Å². The van der Waals surface area contributed by atoms with Crippen LogP contribution in [0.25, 0.3) is 0 Å². The molecule has 2 heterocycles. The van der Waals surface area contributed by atoms with E-state index >= 15 is 0 Å². The van der Waals surface area contributed by atoms with Crippen molar-refractivity contribution in [3.63, 3.8) is 0 Å². The fraction of sp³-hybridized carbons (Fsp3) is 0.300. The zero-order chi connectivity index (χ0) is 16.7. The number of fused-ring (bicyclic) bond motifs is 2. The molecule has 0 saturated carbocycles. The summed E-state index contributed by atoms with van der Waals surface area (Å²) < 4.78 is 5.60. The van der Waals surface area contributed by atoms with Gasteiger partial charge in [0.25, 0.3) is 5.91 Å². The Morgan fingerprint density at radius 2 is 1.79 bits per heavy atom. The summed E-state index contributed by atoms with van der Waals surface area (Å²) in [6, 6.07) is 15.3. The zero-order valence-electron chi connectivity index (χ0n) is 13.6. The number of carbonyl (C=O) groups excluding carboxylic acids is 2. The summed E-state index contributed by atoms with van der Waals surface area (Å²) in [5.74, 6) is -0.560. The van der Waals surface area contributed by atoms with E-state index in [0.29, 0.717) is 18.5 Å². The predicted octanol–water partition coefficient (Wildman–Crippen LogP) is 3.14. The fourth-order valence-corrected chi connectivity index (χ4v) is 3.68. The van der Waals surface area contributed by atoms with Gasteiger partial charge >= 0.3 is 5.97 Å². The number of esters is 1. The average Bonchev–Trinajstić information content (AvgIpc) is 2.60. The zero-order valence-corrected chi connectivity index (χ0v) is 13.6. The molecule has 0 spiro atoms. The molecule has 4 nitrogen and oxygen atoms in total. The molecule has 24 heavy (non-hydrogen) atoms. The highest BCUT2D eigenvalue weighted by Crippen LogP contribution is 2.34. The van der Waals surface area contributed by atoms with Crippen LogP contribution in [0.1, 0.15) is 34.8 Å². The summed E-state index contributed by atoms with van der Waals surface area (Å²) in [5, 5.41) is 0. The Hall–Kier alpha value is -2.62. The first-order valence-corrected chi connectivity index (χ1v) is 8.30. The Morgan fingerprint density at radius 3 is 2.62 bits per heavy atom. The molecular weight excluding hydrogens is 302 g/mol. The van der Waals surface area contributed by atoms with Gasteiger partial charge in [-0.3, -0.25) is 4.79 Å². The molecule has 2 aromatic carbocycles. The van der Waals surface area contributed by atoms with Gasteiger partial charge in [0.1, 0.15) is 0 Å². The van der Waals surface area contributed by atoms with Gasteiger partial charge in [-0.1, -0.05) is 36.4 Å². The predicted molar refractivity (Wildman–Crippen MR) is 91.1 cm³/mol. The highest BCUT2D eigenvalue weighted by Gasteiger charge is 2.45. The van der Waals surface area contributed by atoms with E-state index < -0.39 is 11.6 Å². The Balaban J connectivity index is 1.70. The largest absolute Gasteiger partial charge is 0.445 e. The Morgan fingerprint density at radius 1 is 1.08 bits per heavy atom. The number of cyclic esters (lactones) is 1. The first kappa shape index (κ1) is 14.9. The Bertz CT molecular complexity index is 829. The van der Waals surface area contributed by atoms with Crippen LogP contribution in [0.4, 0.5) is 5.69 Å². The molecular formula is C20H19NO3. The van der Waals surface area contributed by atoms with Crippen molar-refractivity contribution in [3.05, 3.63) is 65.2 Å². The summed E-state index contributed by atoms with van der Waals surface area (Å²) in [6.07, 6.45) is 2.30. The van der Waals surface area contributed by atoms with Crippen LogP contribution < -0.4 is 4.90 Å². The minimum atomic E-state index is -1.16. The molecule has 2 aliphatic heterocycles. The highest BCUT2D eigenvalue weighted by molar-refractivity contribution is 6.04. The van der Waals surface area contributed by atoms with Crippen LogP contribution >= 0.6 is 0 Å². The van der Waals surface area contributed by atoms with Crippen LogP contribution in [-0.2, 0) is 22.4 Å². The van der Waals surface area contributed by atoms with Crippen molar-refractivity contribution in [2.24, 2.45) is 0 Å². The number of hydrogen-bond donors (Lipinski definition) is 0. The summed E-state index contributed by atoms with van der Waals surface area (Å²) in [7, 11) is 0. The number of benzene rings is 2. The van der Waals surface area contributed by atoms with Gasteiger partial charge in [-0.25, -0.2) is 4.79 Å². The molecule has 122 valence electrons. The van der Waals surface area contributed by atoms with E-state index in [0.717, 1.165) is 24.1 Å². The first-order chi connectivity index (χ1) is 11.6. The highest BCUT2D eigenvalue weighted by atomic mass is 16.6. The number of hydrogen-bond acceptors (Lipinski definition) is 3. The van der Waals surface area contributed by atoms with Crippen molar-refractivity contribution in [3.8, 4) is 0 Å². The monoisotopic (exact) mass is 321 g/mol. The molecule has 2 aromatic rings. The number of carbonyl (C=O) groups is 2. The summed E-state index contributed by atoms with van der Waals surface area (Å²) in [6.45, 7) is 2.38. The number of nitrogens with zero attached hydrogens (tertiary/aromatic N) is 1. The van der Waals surface area contributed by atoms with E-state index in [4.69, 9.17) is 4.74 Å². The lowest BCUT2D eigenvalue weighted by molar-refractivity contribution is -0.137. The number of ether oxygens (including phenoxy) is 1. The van der Waals surface area contributed by atoms with Crippen molar-refractivity contribution >= 4 is 17.6 Å². The number of anilines is 1. The van der Waals surface area contributed by atoms with E-state index in [1.165, 1.54) is 5.56 Å². The quantitative estimate of drug-likeness (QED) is 0.758. The number of amides is 1. The molecule has 0 unspecified atom stereocenters. The molecule has 2 aliphatic rings. The maximum absolute atomic E-state index is 13.2. The normalized spacial score (nSPS) is 22.4. The minimum absolute atomic E-state index is 0.141. The van der Waals surface area contributed by atoms with Gasteiger partial charge in [-0.2, -0.15) is 0 Å². The van der Waals surface area contributed by atoms with Gasteiger partial charge in [-0.05, 0) is 43.0 Å². The molecule has 4 heteroatoms. The summed E-state index contributed by atoms with van der Waals surface area (Å²) in [5.41, 5.74) is 2.38. The summed E-state index contributed by atoms with van der Waals surface area (Å²) >= 11 is 0. The molecule has 0 saturated heterocycles. The molecule has 0 fully saturated rings. The van der Waals surface area contributed by atoms with Crippen LogP contribution in [0, 0.1) is 0 Å². The Labute approximate surface area is 141 Å². The van der Waals surface area contributed by atoms with Gasteiger partial charge < -0.3 is 9.64 Å². The third kappa shape index (κ3) is 2.30. The second-order valence-electron chi connectivity index (χ2n) is 6.64. The lowest BCUT2D eigenvalue weighted by Gasteiger charge is -2.39. The summed E-state index contributed by atoms with van der Waals surface area (Å²) in [4.78, 5) is 27.4. The van der Waals surface area contributed by atoms with E-state index in [9.17, 15) is 9.59 Å². The molecule has 1 amide bonds. The average molecular weight is 321 g/mol.